The van der Waals surface area contributed by atoms with E-state index in [2.05, 4.69) is 21.3 Å². The van der Waals surface area contributed by atoms with Crippen molar-refractivity contribution in [3.8, 4) is 0 Å². The lowest BCUT2D eigenvalue weighted by atomic mass is 10.2. The molecule has 100 valence electrons. The zero-order valence-electron chi connectivity index (χ0n) is 10.6. The molecule has 2 heterocycles. The Balaban J connectivity index is 1.91. The molecule has 3 rings (SSSR count). The molecule has 3 nitrogen and oxygen atoms in total. The molecule has 2 N–H and O–H groups in total. The fourth-order valence-corrected chi connectivity index (χ4v) is 2.92. The number of hydrogen-bond acceptors (Lipinski definition) is 4. The zero-order chi connectivity index (χ0) is 13.2. The van der Waals surface area contributed by atoms with Gasteiger partial charge in [-0.2, -0.15) is 0 Å². The number of halogens is 1. The van der Waals surface area contributed by atoms with Crippen molar-refractivity contribution in [2.45, 2.75) is 32.0 Å². The Morgan fingerprint density at radius 1 is 1.47 bits per heavy atom. The molecule has 2 aromatic rings. The maximum atomic E-state index is 13.3. The predicted octanol–water partition coefficient (Wildman–Crippen LogP) is 2.91. The van der Waals surface area contributed by atoms with E-state index in [1.54, 1.807) is 11.3 Å². The van der Waals surface area contributed by atoms with Crippen LogP contribution in [0.3, 0.4) is 0 Å². The van der Waals surface area contributed by atoms with Gasteiger partial charge in [-0.05, 0) is 30.4 Å². The van der Waals surface area contributed by atoms with Gasteiger partial charge < -0.3 is 10.6 Å². The monoisotopic (exact) mass is 277 g/mol. The van der Waals surface area contributed by atoms with Crippen molar-refractivity contribution in [1.29, 1.82) is 0 Å². The van der Waals surface area contributed by atoms with E-state index in [-0.39, 0.29) is 5.82 Å². The zero-order valence-corrected chi connectivity index (χ0v) is 11.4. The first-order valence-electron chi connectivity index (χ1n) is 6.41. The van der Waals surface area contributed by atoms with Gasteiger partial charge in [0.1, 0.15) is 11.6 Å². The number of rotatable bonds is 5. The van der Waals surface area contributed by atoms with Crippen LogP contribution >= 0.6 is 11.3 Å². The molecular weight excluding hydrogens is 261 g/mol. The van der Waals surface area contributed by atoms with E-state index >= 15 is 0 Å². The third-order valence-corrected chi connectivity index (χ3v) is 4.16. The van der Waals surface area contributed by atoms with Crippen LogP contribution in [0.2, 0.25) is 0 Å². The van der Waals surface area contributed by atoms with Gasteiger partial charge in [-0.1, -0.05) is 6.07 Å². The summed E-state index contributed by atoms with van der Waals surface area (Å²) in [5.41, 5.74) is 6.50. The molecule has 1 saturated carbocycles. The van der Waals surface area contributed by atoms with Crippen LogP contribution in [0.1, 0.15) is 23.3 Å². The first-order chi connectivity index (χ1) is 9.28. The molecule has 1 aliphatic rings. The number of nitrogens with two attached hydrogens (primary N) is 1. The van der Waals surface area contributed by atoms with Crippen LogP contribution in [0.25, 0.3) is 0 Å². The fourth-order valence-electron chi connectivity index (χ4n) is 2.22. The van der Waals surface area contributed by atoms with E-state index in [4.69, 9.17) is 5.73 Å². The molecule has 1 aliphatic carbocycles. The van der Waals surface area contributed by atoms with E-state index < -0.39 is 0 Å². The minimum absolute atomic E-state index is 0.313. The molecule has 5 heteroatoms. The highest BCUT2D eigenvalue weighted by molar-refractivity contribution is 7.09. The van der Waals surface area contributed by atoms with Crippen LogP contribution in [-0.2, 0) is 13.1 Å². The Bertz CT molecular complexity index is 552. The largest absolute Gasteiger partial charge is 0.348 e. The second kappa shape index (κ2) is 5.27. The summed E-state index contributed by atoms with van der Waals surface area (Å²) in [7, 11) is 0. The summed E-state index contributed by atoms with van der Waals surface area (Å²) >= 11 is 1.73. The number of aromatic nitrogens is 1. The van der Waals surface area contributed by atoms with E-state index in [0.29, 0.717) is 12.6 Å². The van der Waals surface area contributed by atoms with E-state index in [1.165, 1.54) is 30.0 Å². The highest BCUT2D eigenvalue weighted by Gasteiger charge is 2.31. The summed E-state index contributed by atoms with van der Waals surface area (Å²) in [4.78, 5) is 7.82. The van der Waals surface area contributed by atoms with Crippen molar-refractivity contribution in [2.24, 2.45) is 5.73 Å². The van der Waals surface area contributed by atoms with Crippen LogP contribution in [0.5, 0.6) is 0 Å². The smallest absolute Gasteiger partial charge is 0.141 e. The molecule has 0 amide bonds. The van der Waals surface area contributed by atoms with Crippen LogP contribution < -0.4 is 10.6 Å². The average Bonchev–Trinajstić information content (AvgIpc) is 3.13. The third kappa shape index (κ3) is 2.77. The molecule has 1 fully saturated rings. The summed E-state index contributed by atoms with van der Waals surface area (Å²) in [6, 6.07) is 6.18. The molecule has 2 aromatic heterocycles. The molecule has 0 saturated heterocycles. The van der Waals surface area contributed by atoms with Crippen LogP contribution in [0.15, 0.2) is 29.8 Å². The summed E-state index contributed by atoms with van der Waals surface area (Å²) < 4.78 is 13.3. The first kappa shape index (κ1) is 12.6. The highest BCUT2D eigenvalue weighted by Crippen LogP contribution is 2.34. The van der Waals surface area contributed by atoms with Gasteiger partial charge >= 0.3 is 0 Å². The SMILES string of the molecule is NCc1cc(F)cnc1N(Cc1cccs1)C1CC1. The van der Waals surface area contributed by atoms with Gasteiger partial charge in [0.15, 0.2) is 0 Å². The molecule has 0 bridgehead atoms. The van der Waals surface area contributed by atoms with Gasteiger partial charge in [-0.25, -0.2) is 9.37 Å². The number of pyridine rings is 1. The van der Waals surface area contributed by atoms with Crippen molar-refractivity contribution in [1.82, 2.24) is 4.98 Å². The Morgan fingerprint density at radius 2 is 2.32 bits per heavy atom. The first-order valence-corrected chi connectivity index (χ1v) is 7.29. The predicted molar refractivity (Wildman–Crippen MR) is 75.6 cm³/mol. The Morgan fingerprint density at radius 3 is 2.95 bits per heavy atom. The molecule has 19 heavy (non-hydrogen) atoms. The van der Waals surface area contributed by atoms with Crippen molar-refractivity contribution in [3.63, 3.8) is 0 Å². The fraction of sp³-hybridized carbons (Fsp3) is 0.357. The number of thiophene rings is 1. The normalized spacial score (nSPS) is 14.6. The van der Waals surface area contributed by atoms with Gasteiger partial charge in [0.2, 0.25) is 0 Å². The maximum absolute atomic E-state index is 13.3. The summed E-state index contributed by atoms with van der Waals surface area (Å²) in [6.07, 6.45) is 3.63. The number of hydrogen-bond donors (Lipinski definition) is 1. The minimum Gasteiger partial charge on any atom is -0.348 e. The van der Waals surface area contributed by atoms with E-state index in [0.717, 1.165) is 17.9 Å². The Kier molecular flexibility index (Phi) is 3.48. The second-order valence-corrected chi connectivity index (χ2v) is 5.81. The number of anilines is 1. The molecule has 0 atom stereocenters. The van der Waals surface area contributed by atoms with Gasteiger partial charge in [0.05, 0.1) is 12.7 Å². The average molecular weight is 277 g/mol. The molecule has 0 radical (unpaired) electrons. The van der Waals surface area contributed by atoms with Gasteiger partial charge in [-0.3, -0.25) is 0 Å². The summed E-state index contributed by atoms with van der Waals surface area (Å²) in [5.74, 6) is 0.510. The quantitative estimate of drug-likeness (QED) is 0.913. The molecule has 0 spiro atoms. The van der Waals surface area contributed by atoms with Crippen LogP contribution in [-0.4, -0.2) is 11.0 Å². The summed E-state index contributed by atoms with van der Waals surface area (Å²) in [6.45, 7) is 1.14. The van der Waals surface area contributed by atoms with E-state index in [9.17, 15) is 4.39 Å². The van der Waals surface area contributed by atoms with E-state index in [1.807, 2.05) is 6.07 Å². The van der Waals surface area contributed by atoms with Gasteiger partial charge in [-0.15, -0.1) is 11.3 Å². The van der Waals surface area contributed by atoms with Crippen LogP contribution in [0.4, 0.5) is 10.2 Å². The molecular formula is C14H16FN3S. The lowest BCUT2D eigenvalue weighted by Gasteiger charge is -2.25. The van der Waals surface area contributed by atoms with Crippen molar-refractivity contribution >= 4 is 17.2 Å². The van der Waals surface area contributed by atoms with Crippen LogP contribution in [0, 0.1) is 5.82 Å². The minimum atomic E-state index is -0.323. The molecule has 0 aliphatic heterocycles. The van der Waals surface area contributed by atoms with Gasteiger partial charge in [0, 0.05) is 23.0 Å². The molecule has 0 unspecified atom stereocenters. The lowest BCUT2D eigenvalue weighted by Crippen LogP contribution is -2.27. The maximum Gasteiger partial charge on any atom is 0.141 e. The second-order valence-electron chi connectivity index (χ2n) is 4.78. The summed E-state index contributed by atoms with van der Waals surface area (Å²) in [5, 5.41) is 2.07. The van der Waals surface area contributed by atoms with Gasteiger partial charge in [0.25, 0.3) is 0 Å². The number of nitrogens with zero attached hydrogens (tertiary/aromatic N) is 2. The van der Waals surface area contributed by atoms with Crippen molar-refractivity contribution < 1.29 is 4.39 Å². The Hall–Kier alpha value is -1.46. The van der Waals surface area contributed by atoms with Crippen molar-refractivity contribution in [3.05, 3.63) is 46.0 Å². The standard InChI is InChI=1S/C14H16FN3S/c15-11-6-10(7-16)14(17-8-11)18(12-3-4-12)9-13-2-1-5-19-13/h1-2,5-6,8,12H,3-4,7,9,16H2. The lowest BCUT2D eigenvalue weighted by molar-refractivity contribution is 0.616. The topological polar surface area (TPSA) is 42.1 Å². The van der Waals surface area contributed by atoms with Crippen molar-refractivity contribution in [2.75, 3.05) is 4.90 Å². The Labute approximate surface area is 115 Å². The highest BCUT2D eigenvalue weighted by atomic mass is 32.1. The molecule has 0 aromatic carbocycles. The third-order valence-electron chi connectivity index (χ3n) is 3.30.